The smallest absolute Gasteiger partial charge is 0.0639 e. The standard InChI is InChI=1S/C14H18ClNOS/c1-14(2,9-17-3)16-8-12-13(15)10-6-4-5-7-11(10)18-12/h4-7,16H,8-9H2,1-3H3. The molecular weight excluding hydrogens is 266 g/mol. The molecule has 0 spiro atoms. The quantitative estimate of drug-likeness (QED) is 0.893. The van der Waals surface area contributed by atoms with E-state index in [4.69, 9.17) is 16.3 Å². The number of rotatable bonds is 5. The summed E-state index contributed by atoms with van der Waals surface area (Å²) in [6.07, 6.45) is 0. The highest BCUT2D eigenvalue weighted by molar-refractivity contribution is 7.19. The fourth-order valence-electron chi connectivity index (χ4n) is 1.91. The molecule has 0 aliphatic heterocycles. The van der Waals surface area contributed by atoms with Crippen molar-refractivity contribution in [1.29, 1.82) is 0 Å². The Kier molecular flexibility index (Phi) is 4.28. The molecule has 0 aliphatic carbocycles. The molecule has 2 aromatic rings. The predicted octanol–water partition coefficient (Wildman–Crippen LogP) is 4.07. The first-order valence-electron chi connectivity index (χ1n) is 5.93. The van der Waals surface area contributed by atoms with Crippen LogP contribution in [-0.2, 0) is 11.3 Å². The summed E-state index contributed by atoms with van der Waals surface area (Å²) < 4.78 is 6.43. The fourth-order valence-corrected chi connectivity index (χ4v) is 3.35. The van der Waals surface area contributed by atoms with E-state index in [1.165, 1.54) is 9.58 Å². The van der Waals surface area contributed by atoms with E-state index in [0.29, 0.717) is 6.61 Å². The third-order valence-corrected chi connectivity index (χ3v) is 4.55. The highest BCUT2D eigenvalue weighted by Gasteiger charge is 2.18. The van der Waals surface area contributed by atoms with Crippen LogP contribution in [0.25, 0.3) is 10.1 Å². The molecule has 0 atom stereocenters. The van der Waals surface area contributed by atoms with Gasteiger partial charge in [0.15, 0.2) is 0 Å². The molecule has 98 valence electrons. The Hall–Kier alpha value is -0.610. The molecule has 0 saturated carbocycles. The van der Waals surface area contributed by atoms with Gasteiger partial charge in [-0.3, -0.25) is 0 Å². The van der Waals surface area contributed by atoms with Gasteiger partial charge in [-0.1, -0.05) is 29.8 Å². The molecule has 1 N–H and O–H groups in total. The Bertz CT molecular complexity index is 536. The van der Waals surface area contributed by atoms with Crippen molar-refractivity contribution in [1.82, 2.24) is 5.32 Å². The molecule has 0 radical (unpaired) electrons. The SMILES string of the molecule is COCC(C)(C)NCc1sc2ccccc2c1Cl. The first-order valence-corrected chi connectivity index (χ1v) is 7.13. The van der Waals surface area contributed by atoms with Crippen molar-refractivity contribution in [3.05, 3.63) is 34.2 Å². The van der Waals surface area contributed by atoms with Crippen molar-refractivity contribution in [2.24, 2.45) is 0 Å². The van der Waals surface area contributed by atoms with Crippen LogP contribution in [0.5, 0.6) is 0 Å². The molecular formula is C14H18ClNOS. The van der Waals surface area contributed by atoms with Crippen LogP contribution in [-0.4, -0.2) is 19.3 Å². The first-order chi connectivity index (χ1) is 8.53. The zero-order valence-corrected chi connectivity index (χ0v) is 12.5. The van der Waals surface area contributed by atoms with Crippen molar-refractivity contribution in [2.75, 3.05) is 13.7 Å². The molecule has 0 fully saturated rings. The second kappa shape index (κ2) is 5.57. The van der Waals surface area contributed by atoms with Gasteiger partial charge in [0, 0.05) is 34.2 Å². The number of ether oxygens (including phenoxy) is 1. The summed E-state index contributed by atoms with van der Waals surface area (Å²) in [6, 6.07) is 8.24. The molecule has 0 amide bonds. The first kappa shape index (κ1) is 13.8. The fraction of sp³-hybridized carbons (Fsp3) is 0.429. The highest BCUT2D eigenvalue weighted by Crippen LogP contribution is 2.35. The second-order valence-corrected chi connectivity index (χ2v) is 6.52. The normalized spacial score (nSPS) is 12.2. The largest absolute Gasteiger partial charge is 0.383 e. The summed E-state index contributed by atoms with van der Waals surface area (Å²) in [4.78, 5) is 1.18. The van der Waals surface area contributed by atoms with Gasteiger partial charge >= 0.3 is 0 Å². The van der Waals surface area contributed by atoms with Crippen LogP contribution in [0.4, 0.5) is 0 Å². The van der Waals surface area contributed by atoms with Crippen LogP contribution in [0.15, 0.2) is 24.3 Å². The maximum Gasteiger partial charge on any atom is 0.0639 e. The van der Waals surface area contributed by atoms with Gasteiger partial charge in [-0.15, -0.1) is 11.3 Å². The van der Waals surface area contributed by atoms with E-state index in [9.17, 15) is 0 Å². The number of methoxy groups -OCH3 is 1. The minimum Gasteiger partial charge on any atom is -0.383 e. The topological polar surface area (TPSA) is 21.3 Å². The number of hydrogen-bond acceptors (Lipinski definition) is 3. The van der Waals surface area contributed by atoms with Gasteiger partial charge in [-0.2, -0.15) is 0 Å². The molecule has 1 heterocycles. The molecule has 18 heavy (non-hydrogen) atoms. The van der Waals surface area contributed by atoms with Crippen molar-refractivity contribution in [3.63, 3.8) is 0 Å². The highest BCUT2D eigenvalue weighted by atomic mass is 35.5. The van der Waals surface area contributed by atoms with E-state index in [-0.39, 0.29) is 5.54 Å². The molecule has 1 aromatic heterocycles. The summed E-state index contributed by atoms with van der Waals surface area (Å²) in [5.41, 5.74) is -0.0474. The number of nitrogens with one attached hydrogen (secondary N) is 1. The van der Waals surface area contributed by atoms with Gasteiger partial charge in [0.1, 0.15) is 0 Å². The van der Waals surface area contributed by atoms with Crippen LogP contribution in [0.2, 0.25) is 5.02 Å². The van der Waals surface area contributed by atoms with Gasteiger partial charge in [0.05, 0.1) is 11.6 Å². The monoisotopic (exact) mass is 283 g/mol. The summed E-state index contributed by atoms with van der Waals surface area (Å²) in [5, 5.41) is 5.49. The molecule has 0 bridgehead atoms. The number of thiophene rings is 1. The Labute approximate surface area is 117 Å². The minimum atomic E-state index is -0.0474. The van der Waals surface area contributed by atoms with E-state index in [0.717, 1.165) is 17.0 Å². The molecule has 2 rings (SSSR count). The average Bonchev–Trinajstić information content (AvgIpc) is 2.65. The van der Waals surface area contributed by atoms with Crippen LogP contribution in [0.1, 0.15) is 18.7 Å². The second-order valence-electron chi connectivity index (χ2n) is 5.01. The summed E-state index contributed by atoms with van der Waals surface area (Å²) in [7, 11) is 1.72. The van der Waals surface area contributed by atoms with E-state index < -0.39 is 0 Å². The Balaban J connectivity index is 2.15. The predicted molar refractivity (Wildman–Crippen MR) is 79.6 cm³/mol. The Morgan fingerprint density at radius 2 is 2.06 bits per heavy atom. The van der Waals surface area contributed by atoms with E-state index in [1.807, 2.05) is 12.1 Å². The van der Waals surface area contributed by atoms with E-state index in [1.54, 1.807) is 18.4 Å². The van der Waals surface area contributed by atoms with Gasteiger partial charge in [0.2, 0.25) is 0 Å². The number of hydrogen-bond donors (Lipinski definition) is 1. The number of benzene rings is 1. The zero-order chi connectivity index (χ0) is 13.2. The minimum absolute atomic E-state index is 0.0474. The third-order valence-electron chi connectivity index (χ3n) is 2.83. The lowest BCUT2D eigenvalue weighted by Crippen LogP contribution is -2.42. The Morgan fingerprint density at radius 3 is 2.72 bits per heavy atom. The van der Waals surface area contributed by atoms with Crippen LogP contribution >= 0.6 is 22.9 Å². The van der Waals surface area contributed by atoms with Crippen molar-refractivity contribution in [2.45, 2.75) is 25.9 Å². The number of fused-ring (bicyclic) bond motifs is 1. The lowest BCUT2D eigenvalue weighted by Gasteiger charge is -2.25. The summed E-state index contributed by atoms with van der Waals surface area (Å²) >= 11 is 8.15. The van der Waals surface area contributed by atoms with Crippen LogP contribution in [0.3, 0.4) is 0 Å². The maximum atomic E-state index is 6.40. The maximum absolute atomic E-state index is 6.40. The van der Waals surface area contributed by atoms with Crippen LogP contribution < -0.4 is 5.32 Å². The van der Waals surface area contributed by atoms with Crippen molar-refractivity contribution >= 4 is 33.0 Å². The molecule has 1 aromatic carbocycles. The van der Waals surface area contributed by atoms with Crippen molar-refractivity contribution < 1.29 is 4.74 Å². The molecule has 0 aliphatic rings. The lowest BCUT2D eigenvalue weighted by atomic mass is 10.1. The Morgan fingerprint density at radius 1 is 1.33 bits per heavy atom. The van der Waals surface area contributed by atoms with Gasteiger partial charge < -0.3 is 10.1 Å². The lowest BCUT2D eigenvalue weighted by molar-refractivity contribution is 0.128. The van der Waals surface area contributed by atoms with Gasteiger partial charge in [-0.05, 0) is 19.9 Å². The molecule has 2 nitrogen and oxygen atoms in total. The molecule has 0 unspecified atom stereocenters. The summed E-state index contributed by atoms with van der Waals surface area (Å²) in [5.74, 6) is 0. The number of halogens is 1. The average molecular weight is 284 g/mol. The van der Waals surface area contributed by atoms with Gasteiger partial charge in [0.25, 0.3) is 0 Å². The summed E-state index contributed by atoms with van der Waals surface area (Å²) in [6.45, 7) is 5.69. The zero-order valence-electron chi connectivity index (χ0n) is 10.9. The third kappa shape index (κ3) is 3.04. The molecule has 4 heteroatoms. The van der Waals surface area contributed by atoms with E-state index in [2.05, 4.69) is 31.3 Å². The van der Waals surface area contributed by atoms with Crippen LogP contribution in [0, 0.1) is 0 Å². The van der Waals surface area contributed by atoms with E-state index >= 15 is 0 Å². The molecule has 0 saturated heterocycles. The van der Waals surface area contributed by atoms with Gasteiger partial charge in [-0.25, -0.2) is 0 Å². The van der Waals surface area contributed by atoms with Crippen molar-refractivity contribution in [3.8, 4) is 0 Å².